The van der Waals surface area contributed by atoms with Crippen molar-refractivity contribution in [2.45, 2.75) is 57.2 Å². The molecule has 2 fully saturated rings. The molecule has 1 saturated carbocycles. The lowest BCUT2D eigenvalue weighted by atomic mass is 9.90. The smallest absolute Gasteiger partial charge is 0.0695 e. The average molecular weight is 213 g/mol. The Hall–Kier alpha value is -0.120. The highest BCUT2D eigenvalue weighted by atomic mass is 16.3. The third-order valence-electron chi connectivity index (χ3n) is 4.23. The molecule has 15 heavy (non-hydrogen) atoms. The van der Waals surface area contributed by atoms with Crippen molar-refractivity contribution < 1.29 is 10.2 Å². The highest BCUT2D eigenvalue weighted by Crippen LogP contribution is 2.31. The minimum atomic E-state index is -0.168. The zero-order valence-electron chi connectivity index (χ0n) is 9.60. The number of hydrogen-bond acceptors (Lipinski definition) is 3. The number of aliphatic hydroxyl groups is 2. The number of nitrogens with zero attached hydrogens (tertiary/aromatic N) is 1. The molecule has 1 heterocycles. The molecule has 0 spiro atoms. The SMILES string of the molecule is CC1CCN([C@H]2CCCC[C@@H]2O)C1CO. The van der Waals surface area contributed by atoms with Gasteiger partial charge >= 0.3 is 0 Å². The molecule has 0 aromatic heterocycles. The van der Waals surface area contributed by atoms with Crippen LogP contribution in [0.4, 0.5) is 0 Å². The van der Waals surface area contributed by atoms with E-state index < -0.39 is 0 Å². The molecule has 1 aliphatic heterocycles. The molecule has 3 heteroatoms. The van der Waals surface area contributed by atoms with Gasteiger partial charge in [-0.3, -0.25) is 4.90 Å². The normalized spacial score (nSPS) is 43.4. The van der Waals surface area contributed by atoms with Crippen LogP contribution in [0.5, 0.6) is 0 Å². The molecule has 3 nitrogen and oxygen atoms in total. The van der Waals surface area contributed by atoms with E-state index in [9.17, 15) is 10.2 Å². The lowest BCUT2D eigenvalue weighted by Gasteiger charge is -2.38. The Balaban J connectivity index is 2.02. The molecule has 0 aromatic carbocycles. The third-order valence-corrected chi connectivity index (χ3v) is 4.23. The van der Waals surface area contributed by atoms with Gasteiger partial charge in [0.2, 0.25) is 0 Å². The second kappa shape index (κ2) is 4.81. The van der Waals surface area contributed by atoms with Crippen LogP contribution >= 0.6 is 0 Å². The van der Waals surface area contributed by atoms with Crippen LogP contribution in [0.3, 0.4) is 0 Å². The van der Waals surface area contributed by atoms with Crippen molar-refractivity contribution in [1.29, 1.82) is 0 Å². The summed E-state index contributed by atoms with van der Waals surface area (Å²) < 4.78 is 0. The highest BCUT2D eigenvalue weighted by molar-refractivity contribution is 4.92. The molecule has 0 aromatic rings. The van der Waals surface area contributed by atoms with Crippen LogP contribution in [-0.4, -0.2) is 46.5 Å². The maximum absolute atomic E-state index is 10.0. The fraction of sp³-hybridized carbons (Fsp3) is 1.00. The Morgan fingerprint density at radius 1 is 1.20 bits per heavy atom. The van der Waals surface area contributed by atoms with Crippen LogP contribution in [0.25, 0.3) is 0 Å². The quantitative estimate of drug-likeness (QED) is 0.719. The summed E-state index contributed by atoms with van der Waals surface area (Å²) in [5.74, 6) is 0.573. The lowest BCUT2D eigenvalue weighted by Crippen LogP contribution is -2.49. The largest absolute Gasteiger partial charge is 0.395 e. The van der Waals surface area contributed by atoms with E-state index in [0.29, 0.717) is 12.0 Å². The van der Waals surface area contributed by atoms with Gasteiger partial charge in [-0.1, -0.05) is 19.8 Å². The summed E-state index contributed by atoms with van der Waals surface area (Å²) in [6.07, 6.45) is 5.42. The number of aliphatic hydroxyl groups excluding tert-OH is 2. The van der Waals surface area contributed by atoms with Crippen molar-refractivity contribution in [3.05, 3.63) is 0 Å². The van der Waals surface area contributed by atoms with Gasteiger partial charge in [0.05, 0.1) is 12.7 Å². The predicted molar refractivity (Wildman–Crippen MR) is 59.6 cm³/mol. The van der Waals surface area contributed by atoms with Crippen molar-refractivity contribution >= 4 is 0 Å². The van der Waals surface area contributed by atoms with Gasteiger partial charge < -0.3 is 10.2 Å². The van der Waals surface area contributed by atoms with Gasteiger partial charge in [0, 0.05) is 12.1 Å². The van der Waals surface area contributed by atoms with E-state index in [-0.39, 0.29) is 18.8 Å². The highest BCUT2D eigenvalue weighted by Gasteiger charge is 2.38. The molecule has 0 amide bonds. The third kappa shape index (κ3) is 2.19. The van der Waals surface area contributed by atoms with Crippen LogP contribution < -0.4 is 0 Å². The van der Waals surface area contributed by atoms with E-state index in [4.69, 9.17) is 0 Å². The lowest BCUT2D eigenvalue weighted by molar-refractivity contribution is -0.00222. The maximum Gasteiger partial charge on any atom is 0.0695 e. The van der Waals surface area contributed by atoms with Gasteiger partial charge in [0.15, 0.2) is 0 Å². The van der Waals surface area contributed by atoms with Crippen molar-refractivity contribution in [3.8, 4) is 0 Å². The first-order valence-electron chi connectivity index (χ1n) is 6.28. The monoisotopic (exact) mass is 213 g/mol. The summed E-state index contributed by atoms with van der Waals surface area (Å²) >= 11 is 0. The average Bonchev–Trinajstić information content (AvgIpc) is 2.60. The van der Waals surface area contributed by atoms with Gasteiger partial charge in [-0.15, -0.1) is 0 Å². The number of likely N-dealkylation sites (tertiary alicyclic amines) is 1. The maximum atomic E-state index is 10.0. The molecular formula is C12H23NO2. The van der Waals surface area contributed by atoms with E-state index >= 15 is 0 Å². The zero-order chi connectivity index (χ0) is 10.8. The molecule has 2 aliphatic rings. The second-order valence-electron chi connectivity index (χ2n) is 5.17. The number of hydrogen-bond donors (Lipinski definition) is 2. The van der Waals surface area contributed by atoms with E-state index in [1.54, 1.807) is 0 Å². The van der Waals surface area contributed by atoms with Gasteiger partial charge in [-0.05, 0) is 31.7 Å². The van der Waals surface area contributed by atoms with Gasteiger partial charge in [-0.25, -0.2) is 0 Å². The topological polar surface area (TPSA) is 43.7 Å². The predicted octanol–water partition coefficient (Wildman–Crippen LogP) is 0.993. The summed E-state index contributed by atoms with van der Waals surface area (Å²) in [5.41, 5.74) is 0. The Bertz CT molecular complexity index is 210. The first-order valence-corrected chi connectivity index (χ1v) is 6.28. The molecule has 2 N–H and O–H groups in total. The summed E-state index contributed by atoms with van der Waals surface area (Å²) in [6.45, 7) is 3.49. The second-order valence-corrected chi connectivity index (χ2v) is 5.17. The summed E-state index contributed by atoms with van der Waals surface area (Å²) in [5, 5.41) is 19.4. The molecule has 2 unspecified atom stereocenters. The Labute approximate surface area is 92.1 Å². The summed E-state index contributed by atoms with van der Waals surface area (Å²) in [4.78, 5) is 2.36. The Morgan fingerprint density at radius 2 is 1.93 bits per heavy atom. The van der Waals surface area contributed by atoms with Crippen molar-refractivity contribution in [1.82, 2.24) is 4.90 Å². The fourth-order valence-corrected chi connectivity index (χ4v) is 3.21. The fourth-order valence-electron chi connectivity index (χ4n) is 3.21. The van der Waals surface area contributed by atoms with Gasteiger partial charge in [-0.2, -0.15) is 0 Å². The molecule has 1 aliphatic carbocycles. The van der Waals surface area contributed by atoms with Crippen LogP contribution in [0.2, 0.25) is 0 Å². The van der Waals surface area contributed by atoms with Crippen LogP contribution in [0, 0.1) is 5.92 Å². The first-order chi connectivity index (χ1) is 7.24. The Kier molecular flexibility index (Phi) is 3.65. The van der Waals surface area contributed by atoms with Crippen LogP contribution in [0.1, 0.15) is 39.0 Å². The van der Waals surface area contributed by atoms with E-state index in [2.05, 4.69) is 11.8 Å². The summed E-state index contributed by atoms with van der Waals surface area (Å²) in [7, 11) is 0. The van der Waals surface area contributed by atoms with Crippen LogP contribution in [0.15, 0.2) is 0 Å². The molecule has 2 rings (SSSR count). The minimum absolute atomic E-state index is 0.168. The first kappa shape index (κ1) is 11.4. The van der Waals surface area contributed by atoms with E-state index in [0.717, 1.165) is 32.2 Å². The van der Waals surface area contributed by atoms with Crippen LogP contribution in [-0.2, 0) is 0 Å². The standard InChI is InChI=1S/C12H23NO2/c1-9-6-7-13(11(9)8-14)10-4-2-3-5-12(10)15/h9-12,14-15H,2-8H2,1H3/t9?,10-,11?,12-/m0/s1. The molecular weight excluding hydrogens is 190 g/mol. The van der Waals surface area contributed by atoms with E-state index in [1.807, 2.05) is 0 Å². The van der Waals surface area contributed by atoms with Gasteiger partial charge in [0.25, 0.3) is 0 Å². The zero-order valence-corrected chi connectivity index (χ0v) is 9.60. The number of rotatable bonds is 2. The van der Waals surface area contributed by atoms with Crippen molar-refractivity contribution in [3.63, 3.8) is 0 Å². The van der Waals surface area contributed by atoms with Crippen molar-refractivity contribution in [2.24, 2.45) is 5.92 Å². The van der Waals surface area contributed by atoms with Gasteiger partial charge in [0.1, 0.15) is 0 Å². The summed E-state index contributed by atoms with van der Waals surface area (Å²) in [6, 6.07) is 0.587. The molecule has 4 atom stereocenters. The minimum Gasteiger partial charge on any atom is -0.395 e. The van der Waals surface area contributed by atoms with Crippen molar-refractivity contribution in [2.75, 3.05) is 13.2 Å². The molecule has 0 bridgehead atoms. The molecule has 1 saturated heterocycles. The van der Waals surface area contributed by atoms with E-state index in [1.165, 1.54) is 6.42 Å². The Morgan fingerprint density at radius 3 is 2.60 bits per heavy atom. The molecule has 88 valence electrons. The molecule has 0 radical (unpaired) electrons.